The number of rotatable bonds is 2. The lowest BCUT2D eigenvalue weighted by Gasteiger charge is -2.18. The molecule has 3 aromatic heterocycles. The molecule has 0 N–H and O–H groups in total. The molecule has 0 bridgehead atoms. The largest absolute Gasteiger partial charge is 0.255 e. The van der Waals surface area contributed by atoms with Gasteiger partial charge in [0.15, 0.2) is 0 Å². The van der Waals surface area contributed by atoms with Crippen molar-refractivity contribution in [2.45, 2.75) is 26.2 Å². The van der Waals surface area contributed by atoms with Crippen LogP contribution in [0.1, 0.15) is 26.6 Å². The highest BCUT2D eigenvalue weighted by Gasteiger charge is 2.20. The molecular weight excluding hydrogens is 272 g/mol. The van der Waals surface area contributed by atoms with Gasteiger partial charge in [0.2, 0.25) is 0 Å². The Labute approximate surface area is 130 Å². The van der Waals surface area contributed by atoms with E-state index in [0.717, 1.165) is 28.6 Å². The first-order chi connectivity index (χ1) is 10.5. The maximum absolute atomic E-state index is 4.70. The van der Waals surface area contributed by atoms with Crippen LogP contribution in [-0.4, -0.2) is 19.9 Å². The first kappa shape index (κ1) is 14.3. The molecule has 3 aromatic rings. The Hall–Kier alpha value is -2.62. The second kappa shape index (κ2) is 5.64. The van der Waals surface area contributed by atoms with E-state index in [-0.39, 0.29) is 5.41 Å². The molecule has 0 aliphatic heterocycles. The minimum absolute atomic E-state index is 0.145. The van der Waals surface area contributed by atoms with Gasteiger partial charge in [-0.25, -0.2) is 9.97 Å². The molecule has 4 nitrogen and oxygen atoms in total. The van der Waals surface area contributed by atoms with Crippen molar-refractivity contribution in [2.24, 2.45) is 0 Å². The van der Waals surface area contributed by atoms with E-state index >= 15 is 0 Å². The fraction of sp³-hybridized carbons (Fsp3) is 0.222. The number of hydrogen-bond donors (Lipinski definition) is 0. The molecule has 0 radical (unpaired) electrons. The lowest BCUT2D eigenvalue weighted by Crippen LogP contribution is -2.17. The zero-order valence-electron chi connectivity index (χ0n) is 13.0. The molecule has 3 rings (SSSR count). The summed E-state index contributed by atoms with van der Waals surface area (Å²) in [4.78, 5) is 18.2. The molecule has 0 aliphatic carbocycles. The second-order valence-corrected chi connectivity index (χ2v) is 6.14. The summed E-state index contributed by atoms with van der Waals surface area (Å²) in [6.45, 7) is 6.31. The molecule has 0 aliphatic rings. The molecule has 0 atom stereocenters. The summed E-state index contributed by atoms with van der Waals surface area (Å²) in [5, 5.41) is 0. The highest BCUT2D eigenvalue weighted by molar-refractivity contribution is 5.63. The van der Waals surface area contributed by atoms with Crippen molar-refractivity contribution in [3.63, 3.8) is 0 Å². The van der Waals surface area contributed by atoms with Gasteiger partial charge in [-0.3, -0.25) is 9.97 Å². The maximum atomic E-state index is 4.70. The molecule has 0 amide bonds. The van der Waals surface area contributed by atoms with Crippen molar-refractivity contribution < 1.29 is 0 Å². The Morgan fingerprint density at radius 1 is 0.682 bits per heavy atom. The Bertz CT molecular complexity index is 704. The Kier molecular flexibility index (Phi) is 3.67. The Balaban J connectivity index is 2.19. The van der Waals surface area contributed by atoms with Gasteiger partial charge in [-0.1, -0.05) is 32.9 Å². The van der Waals surface area contributed by atoms with Gasteiger partial charge >= 0.3 is 0 Å². The van der Waals surface area contributed by atoms with Gasteiger partial charge in [-0.15, -0.1) is 0 Å². The SMILES string of the molecule is CC(C)(C)c1nc(-c2ccccn2)cc(-c2ccccn2)n1. The summed E-state index contributed by atoms with van der Waals surface area (Å²) in [6.07, 6.45) is 3.54. The summed E-state index contributed by atoms with van der Waals surface area (Å²) >= 11 is 0. The molecular formula is C18H18N4. The van der Waals surface area contributed by atoms with Crippen LogP contribution in [-0.2, 0) is 5.41 Å². The van der Waals surface area contributed by atoms with Crippen molar-refractivity contribution in [2.75, 3.05) is 0 Å². The predicted octanol–water partition coefficient (Wildman–Crippen LogP) is 3.90. The first-order valence-corrected chi connectivity index (χ1v) is 7.26. The van der Waals surface area contributed by atoms with Crippen LogP contribution in [0.15, 0.2) is 54.9 Å². The summed E-state index contributed by atoms with van der Waals surface area (Å²) in [5.41, 5.74) is 3.18. The lowest BCUT2D eigenvalue weighted by molar-refractivity contribution is 0.546. The first-order valence-electron chi connectivity index (χ1n) is 7.26. The minimum atomic E-state index is -0.145. The van der Waals surface area contributed by atoms with E-state index < -0.39 is 0 Å². The van der Waals surface area contributed by atoms with E-state index in [1.807, 2.05) is 42.5 Å². The number of nitrogens with zero attached hydrogens (tertiary/aromatic N) is 4. The van der Waals surface area contributed by atoms with Crippen LogP contribution in [0.4, 0.5) is 0 Å². The van der Waals surface area contributed by atoms with Crippen LogP contribution in [0.5, 0.6) is 0 Å². The van der Waals surface area contributed by atoms with E-state index in [1.165, 1.54) is 0 Å². The van der Waals surface area contributed by atoms with E-state index in [1.54, 1.807) is 12.4 Å². The van der Waals surface area contributed by atoms with Crippen LogP contribution in [0.25, 0.3) is 22.8 Å². The third-order valence-electron chi connectivity index (χ3n) is 3.25. The third kappa shape index (κ3) is 3.01. The Morgan fingerprint density at radius 2 is 1.18 bits per heavy atom. The summed E-state index contributed by atoms with van der Waals surface area (Å²) in [6, 6.07) is 13.6. The molecule has 0 spiro atoms. The fourth-order valence-corrected chi connectivity index (χ4v) is 2.07. The highest BCUT2D eigenvalue weighted by Crippen LogP contribution is 2.26. The third-order valence-corrected chi connectivity index (χ3v) is 3.25. The number of hydrogen-bond acceptors (Lipinski definition) is 4. The van der Waals surface area contributed by atoms with Gasteiger partial charge in [-0.2, -0.15) is 0 Å². The van der Waals surface area contributed by atoms with Crippen LogP contribution >= 0.6 is 0 Å². The zero-order valence-corrected chi connectivity index (χ0v) is 13.0. The van der Waals surface area contributed by atoms with E-state index in [2.05, 4.69) is 30.7 Å². The normalized spacial score (nSPS) is 11.4. The van der Waals surface area contributed by atoms with Crippen LogP contribution in [0, 0.1) is 0 Å². The second-order valence-electron chi connectivity index (χ2n) is 6.14. The Morgan fingerprint density at radius 3 is 1.55 bits per heavy atom. The zero-order chi connectivity index (χ0) is 15.6. The van der Waals surface area contributed by atoms with Gasteiger partial charge in [-0.05, 0) is 30.3 Å². The fourth-order valence-electron chi connectivity index (χ4n) is 2.07. The van der Waals surface area contributed by atoms with E-state index in [9.17, 15) is 0 Å². The maximum Gasteiger partial charge on any atom is 0.135 e. The molecule has 0 unspecified atom stereocenters. The smallest absolute Gasteiger partial charge is 0.135 e. The number of pyridine rings is 2. The molecule has 4 heteroatoms. The van der Waals surface area contributed by atoms with Gasteiger partial charge in [0, 0.05) is 17.8 Å². The summed E-state index contributed by atoms with van der Waals surface area (Å²) in [7, 11) is 0. The molecule has 0 saturated heterocycles. The predicted molar refractivity (Wildman–Crippen MR) is 87.2 cm³/mol. The summed E-state index contributed by atoms with van der Waals surface area (Å²) < 4.78 is 0. The molecule has 22 heavy (non-hydrogen) atoms. The van der Waals surface area contributed by atoms with Crippen molar-refractivity contribution in [1.82, 2.24) is 19.9 Å². The van der Waals surface area contributed by atoms with Crippen molar-refractivity contribution >= 4 is 0 Å². The monoisotopic (exact) mass is 290 g/mol. The van der Waals surface area contributed by atoms with Gasteiger partial charge in [0.25, 0.3) is 0 Å². The molecule has 3 heterocycles. The minimum Gasteiger partial charge on any atom is -0.255 e. The quantitative estimate of drug-likeness (QED) is 0.718. The van der Waals surface area contributed by atoms with Crippen LogP contribution < -0.4 is 0 Å². The average molecular weight is 290 g/mol. The number of aromatic nitrogens is 4. The van der Waals surface area contributed by atoms with E-state index in [0.29, 0.717) is 0 Å². The van der Waals surface area contributed by atoms with Crippen LogP contribution in [0.3, 0.4) is 0 Å². The van der Waals surface area contributed by atoms with Gasteiger partial charge in [0.05, 0.1) is 22.8 Å². The van der Waals surface area contributed by atoms with Gasteiger partial charge in [0.1, 0.15) is 5.82 Å². The molecule has 110 valence electrons. The summed E-state index contributed by atoms with van der Waals surface area (Å²) in [5.74, 6) is 0.788. The average Bonchev–Trinajstić information content (AvgIpc) is 2.55. The van der Waals surface area contributed by atoms with E-state index in [4.69, 9.17) is 9.97 Å². The standard InChI is InChI=1S/C18H18N4/c1-18(2,3)17-21-15(13-8-4-6-10-19-13)12-16(22-17)14-9-5-7-11-20-14/h4-12H,1-3H3. The lowest BCUT2D eigenvalue weighted by atomic mass is 9.95. The van der Waals surface area contributed by atoms with Crippen molar-refractivity contribution in [3.8, 4) is 22.8 Å². The molecule has 0 fully saturated rings. The topological polar surface area (TPSA) is 51.6 Å². The van der Waals surface area contributed by atoms with Crippen molar-refractivity contribution in [1.29, 1.82) is 0 Å². The van der Waals surface area contributed by atoms with Crippen LogP contribution in [0.2, 0.25) is 0 Å². The highest BCUT2D eigenvalue weighted by atomic mass is 14.9. The molecule has 0 aromatic carbocycles. The molecule has 0 saturated carbocycles. The van der Waals surface area contributed by atoms with Gasteiger partial charge < -0.3 is 0 Å². The van der Waals surface area contributed by atoms with Crippen molar-refractivity contribution in [3.05, 3.63) is 60.7 Å².